The van der Waals surface area contributed by atoms with Gasteiger partial charge in [-0.1, -0.05) is 53.7 Å². The van der Waals surface area contributed by atoms with E-state index in [0.717, 1.165) is 12.0 Å². The molecule has 8 heteroatoms. The van der Waals surface area contributed by atoms with Gasteiger partial charge in [-0.3, -0.25) is 19.0 Å². The first-order valence-corrected chi connectivity index (χ1v) is 12.4. The van der Waals surface area contributed by atoms with E-state index in [0.29, 0.717) is 46.1 Å². The van der Waals surface area contributed by atoms with E-state index in [1.54, 1.807) is 27.7 Å². The van der Waals surface area contributed by atoms with Crippen molar-refractivity contribution in [2.75, 3.05) is 22.5 Å². The van der Waals surface area contributed by atoms with Crippen LogP contribution < -0.4 is 15.8 Å². The molecule has 35 heavy (non-hydrogen) atoms. The van der Waals surface area contributed by atoms with Crippen LogP contribution in [0.3, 0.4) is 0 Å². The average Bonchev–Trinajstić information content (AvgIpc) is 3.29. The molecule has 0 radical (unpaired) electrons. The fourth-order valence-electron chi connectivity index (χ4n) is 4.16. The van der Waals surface area contributed by atoms with Crippen LogP contribution >= 0.6 is 11.8 Å². The minimum absolute atomic E-state index is 0.0545. The maximum atomic E-state index is 13.4. The van der Waals surface area contributed by atoms with Crippen LogP contribution in [-0.4, -0.2) is 33.7 Å². The Morgan fingerprint density at radius 2 is 1.74 bits per heavy atom. The van der Waals surface area contributed by atoms with Crippen LogP contribution in [0.5, 0.6) is 0 Å². The molecule has 1 aliphatic heterocycles. The van der Waals surface area contributed by atoms with Crippen molar-refractivity contribution in [1.29, 1.82) is 0 Å². The number of rotatable bonds is 6. The molecule has 1 N–H and O–H groups in total. The number of benzene rings is 3. The molecular formula is C27H24N4O3S. The van der Waals surface area contributed by atoms with Gasteiger partial charge in [-0.05, 0) is 49.7 Å². The highest BCUT2D eigenvalue weighted by Crippen LogP contribution is 2.30. The van der Waals surface area contributed by atoms with Crippen LogP contribution in [0.25, 0.3) is 16.6 Å². The van der Waals surface area contributed by atoms with Crippen LogP contribution in [0.4, 0.5) is 11.4 Å². The van der Waals surface area contributed by atoms with Crippen molar-refractivity contribution in [3.63, 3.8) is 0 Å². The summed E-state index contributed by atoms with van der Waals surface area (Å²) in [5.74, 6) is -0.130. The van der Waals surface area contributed by atoms with E-state index in [2.05, 4.69) is 5.32 Å². The third-order valence-electron chi connectivity index (χ3n) is 5.91. The number of hydrogen-bond donors (Lipinski definition) is 1. The molecule has 0 saturated carbocycles. The maximum Gasteiger partial charge on any atom is 0.266 e. The van der Waals surface area contributed by atoms with E-state index in [9.17, 15) is 14.4 Å². The molecule has 0 spiro atoms. The second-order valence-electron chi connectivity index (χ2n) is 8.39. The molecule has 1 saturated heterocycles. The molecule has 0 atom stereocenters. The quantitative estimate of drug-likeness (QED) is 0.321. The van der Waals surface area contributed by atoms with E-state index in [4.69, 9.17) is 4.98 Å². The standard InChI is InChI=1S/C27H24N4O3S/c1-18-12-14-19(15-13-18)31-26(34)20-7-2-3-8-21(20)29-27(31)35-17-24(32)28-22-9-4-5-10-23(22)30-16-6-11-25(30)33/h2-5,7-10,12-15H,6,11,16-17H2,1H3,(H,28,32). The van der Waals surface area contributed by atoms with Crippen LogP contribution in [-0.2, 0) is 9.59 Å². The zero-order chi connectivity index (χ0) is 24.4. The highest BCUT2D eigenvalue weighted by Gasteiger charge is 2.24. The van der Waals surface area contributed by atoms with Gasteiger partial charge in [0.05, 0.1) is 33.7 Å². The van der Waals surface area contributed by atoms with E-state index in [1.165, 1.54) is 11.8 Å². The summed E-state index contributed by atoms with van der Waals surface area (Å²) in [4.78, 5) is 44.9. The van der Waals surface area contributed by atoms with Gasteiger partial charge in [0.1, 0.15) is 0 Å². The van der Waals surface area contributed by atoms with Gasteiger partial charge in [-0.2, -0.15) is 0 Å². The Hall–Kier alpha value is -3.91. The summed E-state index contributed by atoms with van der Waals surface area (Å²) >= 11 is 1.20. The highest BCUT2D eigenvalue weighted by molar-refractivity contribution is 7.99. The second-order valence-corrected chi connectivity index (χ2v) is 9.33. The van der Waals surface area contributed by atoms with E-state index < -0.39 is 0 Å². The lowest BCUT2D eigenvalue weighted by Gasteiger charge is -2.20. The average molecular weight is 485 g/mol. The summed E-state index contributed by atoms with van der Waals surface area (Å²) in [5, 5.41) is 3.89. The predicted octanol–water partition coefficient (Wildman–Crippen LogP) is 4.55. The lowest BCUT2D eigenvalue weighted by atomic mass is 10.2. The van der Waals surface area contributed by atoms with Gasteiger partial charge in [-0.15, -0.1) is 0 Å². The molecule has 2 heterocycles. The number of anilines is 2. The third-order valence-corrected chi connectivity index (χ3v) is 6.85. The minimum Gasteiger partial charge on any atom is -0.324 e. The Labute approximate surface area is 206 Å². The van der Waals surface area contributed by atoms with Crippen molar-refractivity contribution >= 4 is 45.9 Å². The Balaban J connectivity index is 1.42. The number of thioether (sulfide) groups is 1. The number of para-hydroxylation sites is 3. The molecule has 1 aromatic heterocycles. The minimum atomic E-state index is -0.244. The van der Waals surface area contributed by atoms with Gasteiger partial charge in [0, 0.05) is 13.0 Å². The van der Waals surface area contributed by atoms with E-state index in [1.807, 2.05) is 61.5 Å². The normalized spacial score (nSPS) is 13.4. The molecule has 4 aromatic rings. The smallest absolute Gasteiger partial charge is 0.266 e. The molecule has 1 aliphatic rings. The lowest BCUT2D eigenvalue weighted by molar-refractivity contribution is -0.117. The SMILES string of the molecule is Cc1ccc(-n2c(SCC(=O)Nc3ccccc3N3CCCC3=O)nc3ccccc3c2=O)cc1. The van der Waals surface area contributed by atoms with E-state index in [-0.39, 0.29) is 23.1 Å². The second kappa shape index (κ2) is 9.76. The first-order valence-electron chi connectivity index (χ1n) is 11.4. The van der Waals surface area contributed by atoms with Crippen LogP contribution in [0, 0.1) is 6.92 Å². The molecule has 5 rings (SSSR count). The number of carbonyl (C=O) groups excluding carboxylic acids is 2. The number of hydrogen-bond acceptors (Lipinski definition) is 5. The maximum absolute atomic E-state index is 13.4. The molecule has 0 bridgehead atoms. The molecular weight excluding hydrogens is 460 g/mol. The Kier molecular flexibility index (Phi) is 6.37. The molecule has 1 fully saturated rings. The van der Waals surface area contributed by atoms with Gasteiger partial charge in [-0.25, -0.2) is 4.98 Å². The number of carbonyl (C=O) groups is 2. The number of amides is 2. The van der Waals surface area contributed by atoms with Gasteiger partial charge in [0.2, 0.25) is 11.8 Å². The van der Waals surface area contributed by atoms with Crippen molar-refractivity contribution < 1.29 is 9.59 Å². The zero-order valence-electron chi connectivity index (χ0n) is 19.2. The van der Waals surface area contributed by atoms with Gasteiger partial charge in [0.25, 0.3) is 5.56 Å². The topological polar surface area (TPSA) is 84.3 Å². The summed E-state index contributed by atoms with van der Waals surface area (Å²) < 4.78 is 1.55. The molecule has 3 aromatic carbocycles. The largest absolute Gasteiger partial charge is 0.324 e. The fraction of sp³-hybridized carbons (Fsp3) is 0.185. The van der Waals surface area contributed by atoms with Crippen molar-refractivity contribution in [3.05, 3.63) is 88.7 Å². The molecule has 7 nitrogen and oxygen atoms in total. The van der Waals surface area contributed by atoms with Crippen molar-refractivity contribution in [1.82, 2.24) is 9.55 Å². The molecule has 0 aliphatic carbocycles. The Morgan fingerprint density at radius 1 is 1.00 bits per heavy atom. The summed E-state index contributed by atoms with van der Waals surface area (Å²) in [7, 11) is 0. The van der Waals surface area contributed by atoms with Crippen LogP contribution in [0.2, 0.25) is 0 Å². The summed E-state index contributed by atoms with van der Waals surface area (Å²) in [6.07, 6.45) is 1.32. The molecule has 2 amide bonds. The van der Waals surface area contributed by atoms with Crippen molar-refractivity contribution in [3.8, 4) is 5.69 Å². The number of fused-ring (bicyclic) bond motifs is 1. The van der Waals surface area contributed by atoms with Gasteiger partial charge in [0.15, 0.2) is 5.16 Å². The number of nitrogens with one attached hydrogen (secondary N) is 1. The van der Waals surface area contributed by atoms with E-state index >= 15 is 0 Å². The number of aromatic nitrogens is 2. The molecule has 0 unspecified atom stereocenters. The fourth-order valence-corrected chi connectivity index (χ4v) is 4.98. The van der Waals surface area contributed by atoms with Gasteiger partial charge < -0.3 is 10.2 Å². The Bertz CT molecular complexity index is 1480. The Morgan fingerprint density at radius 3 is 2.51 bits per heavy atom. The summed E-state index contributed by atoms with van der Waals surface area (Å²) in [6, 6.07) is 22.1. The van der Waals surface area contributed by atoms with Crippen molar-refractivity contribution in [2.24, 2.45) is 0 Å². The third kappa shape index (κ3) is 4.70. The first kappa shape index (κ1) is 22.9. The predicted molar refractivity (Wildman–Crippen MR) is 139 cm³/mol. The number of aryl methyl sites for hydroxylation is 1. The van der Waals surface area contributed by atoms with Crippen LogP contribution in [0.1, 0.15) is 18.4 Å². The van der Waals surface area contributed by atoms with Crippen LogP contribution in [0.15, 0.2) is 82.7 Å². The zero-order valence-corrected chi connectivity index (χ0v) is 20.0. The van der Waals surface area contributed by atoms with Gasteiger partial charge >= 0.3 is 0 Å². The highest BCUT2D eigenvalue weighted by atomic mass is 32.2. The van der Waals surface area contributed by atoms with Crippen molar-refractivity contribution in [2.45, 2.75) is 24.9 Å². The lowest BCUT2D eigenvalue weighted by Crippen LogP contribution is -2.26. The monoisotopic (exact) mass is 484 g/mol. The first-order chi connectivity index (χ1) is 17.0. The molecule has 176 valence electrons. The number of nitrogens with zero attached hydrogens (tertiary/aromatic N) is 3. The summed E-state index contributed by atoms with van der Waals surface area (Å²) in [5.41, 5.74) is 3.48. The summed E-state index contributed by atoms with van der Waals surface area (Å²) in [6.45, 7) is 2.63.